The summed E-state index contributed by atoms with van der Waals surface area (Å²) >= 11 is 0. The van der Waals surface area contributed by atoms with Crippen LogP contribution in [0.15, 0.2) is 4.52 Å². The Morgan fingerprint density at radius 1 is 1.62 bits per heavy atom. The zero-order chi connectivity index (χ0) is 12.0. The Balaban J connectivity index is 2.61. The average molecular weight is 225 g/mol. The van der Waals surface area contributed by atoms with E-state index in [4.69, 9.17) is 14.5 Å². The molecule has 1 rings (SSSR count). The van der Waals surface area contributed by atoms with Gasteiger partial charge in [-0.3, -0.25) is 0 Å². The van der Waals surface area contributed by atoms with Gasteiger partial charge in [0.1, 0.15) is 6.10 Å². The molecule has 0 spiro atoms. The summed E-state index contributed by atoms with van der Waals surface area (Å²) in [6, 6.07) is 1.88. The van der Waals surface area contributed by atoms with Crippen LogP contribution in [-0.2, 0) is 11.2 Å². The fourth-order valence-corrected chi connectivity index (χ4v) is 1.32. The first-order valence-corrected chi connectivity index (χ1v) is 5.11. The van der Waals surface area contributed by atoms with Crippen molar-refractivity contribution in [1.82, 2.24) is 10.1 Å². The van der Waals surface area contributed by atoms with E-state index in [1.807, 2.05) is 13.0 Å². The number of aromatic nitrogens is 2. The summed E-state index contributed by atoms with van der Waals surface area (Å²) in [5.74, 6) is 0.803. The normalized spacial score (nSPS) is 14.4. The molecule has 6 heteroatoms. The van der Waals surface area contributed by atoms with E-state index in [0.717, 1.165) is 6.42 Å². The lowest BCUT2D eigenvalue weighted by Crippen LogP contribution is -2.09. The molecule has 1 aromatic rings. The van der Waals surface area contributed by atoms with E-state index in [0.29, 0.717) is 11.7 Å². The number of aliphatic hydroxyl groups excluding tert-OH is 1. The van der Waals surface area contributed by atoms with Crippen LogP contribution in [0, 0.1) is 11.3 Å². The Labute approximate surface area is 93.8 Å². The molecule has 1 N–H and O–H groups in total. The highest BCUT2D eigenvalue weighted by molar-refractivity contribution is 4.93. The van der Waals surface area contributed by atoms with E-state index in [9.17, 15) is 5.11 Å². The Kier molecular flexibility index (Phi) is 4.89. The molecule has 0 aliphatic heterocycles. The van der Waals surface area contributed by atoms with E-state index >= 15 is 0 Å². The largest absolute Gasteiger partial charge is 0.392 e. The van der Waals surface area contributed by atoms with Gasteiger partial charge in [-0.2, -0.15) is 10.2 Å². The number of nitriles is 1. The lowest BCUT2D eigenvalue weighted by Gasteiger charge is -2.06. The maximum absolute atomic E-state index is 9.38. The molecule has 1 heterocycles. The number of hydrogen-bond acceptors (Lipinski definition) is 6. The molecule has 0 saturated heterocycles. The molecule has 1 aromatic heterocycles. The second-order valence-electron chi connectivity index (χ2n) is 3.40. The van der Waals surface area contributed by atoms with Crippen molar-refractivity contribution in [2.24, 2.45) is 0 Å². The van der Waals surface area contributed by atoms with E-state index in [-0.39, 0.29) is 18.9 Å². The van der Waals surface area contributed by atoms with Crippen LogP contribution >= 0.6 is 0 Å². The molecule has 0 fully saturated rings. The zero-order valence-corrected chi connectivity index (χ0v) is 9.38. The molecule has 2 atom stereocenters. The molecule has 0 bridgehead atoms. The molecule has 88 valence electrons. The minimum atomic E-state index is -0.763. The Hall–Kier alpha value is -1.45. The topological polar surface area (TPSA) is 92.2 Å². The Morgan fingerprint density at radius 2 is 2.38 bits per heavy atom. The highest BCUT2D eigenvalue weighted by Crippen LogP contribution is 2.17. The molecule has 0 aliphatic rings. The summed E-state index contributed by atoms with van der Waals surface area (Å²) in [5.41, 5.74) is 0. The van der Waals surface area contributed by atoms with Gasteiger partial charge in [0.15, 0.2) is 0 Å². The Morgan fingerprint density at radius 3 is 2.94 bits per heavy atom. The minimum absolute atomic E-state index is 0.0548. The second-order valence-corrected chi connectivity index (χ2v) is 3.40. The van der Waals surface area contributed by atoms with E-state index in [1.165, 1.54) is 0 Å². The zero-order valence-electron chi connectivity index (χ0n) is 9.38. The minimum Gasteiger partial charge on any atom is -0.392 e. The molecule has 0 saturated carbocycles. The third-order valence-corrected chi connectivity index (χ3v) is 2.16. The lowest BCUT2D eigenvalue weighted by molar-refractivity contribution is 0.0903. The standard InChI is InChI=1S/C10H15N3O3/c1-3-8(15-2)10-12-9(16-13-10)6-7(14)4-5-11/h7-8,14H,3-4,6H2,1-2H3. The van der Waals surface area contributed by atoms with Crippen molar-refractivity contribution in [1.29, 1.82) is 5.26 Å². The van der Waals surface area contributed by atoms with E-state index in [1.54, 1.807) is 7.11 Å². The molecule has 0 radical (unpaired) electrons. The molecule has 0 amide bonds. The van der Waals surface area contributed by atoms with Gasteiger partial charge < -0.3 is 14.4 Å². The molecular weight excluding hydrogens is 210 g/mol. The molecule has 0 aliphatic carbocycles. The van der Waals surface area contributed by atoms with Crippen molar-refractivity contribution in [3.63, 3.8) is 0 Å². The van der Waals surface area contributed by atoms with Crippen LogP contribution < -0.4 is 0 Å². The predicted molar refractivity (Wildman–Crippen MR) is 54.3 cm³/mol. The van der Waals surface area contributed by atoms with Crippen molar-refractivity contribution in [2.45, 2.75) is 38.4 Å². The summed E-state index contributed by atoms with van der Waals surface area (Å²) in [6.45, 7) is 1.95. The SMILES string of the molecule is CCC(OC)c1noc(CC(O)CC#N)n1. The van der Waals surface area contributed by atoms with Crippen LogP contribution in [0.4, 0.5) is 0 Å². The smallest absolute Gasteiger partial charge is 0.229 e. The van der Waals surface area contributed by atoms with Gasteiger partial charge in [0.2, 0.25) is 11.7 Å². The van der Waals surface area contributed by atoms with Crippen molar-refractivity contribution in [3.05, 3.63) is 11.7 Å². The Bertz CT molecular complexity index is 354. The number of aliphatic hydroxyl groups is 1. The summed E-state index contributed by atoms with van der Waals surface area (Å²) in [6.07, 6.45) is 0.0439. The molecule has 2 unspecified atom stereocenters. The van der Waals surface area contributed by atoms with Gasteiger partial charge in [-0.1, -0.05) is 12.1 Å². The molecular formula is C10H15N3O3. The van der Waals surface area contributed by atoms with Crippen LogP contribution in [-0.4, -0.2) is 28.5 Å². The van der Waals surface area contributed by atoms with Crippen LogP contribution in [0.5, 0.6) is 0 Å². The quantitative estimate of drug-likeness (QED) is 0.775. The van der Waals surface area contributed by atoms with Gasteiger partial charge in [0, 0.05) is 7.11 Å². The van der Waals surface area contributed by atoms with Crippen molar-refractivity contribution in [2.75, 3.05) is 7.11 Å². The highest BCUT2D eigenvalue weighted by Gasteiger charge is 2.17. The summed E-state index contributed by atoms with van der Waals surface area (Å²) < 4.78 is 10.1. The number of nitrogens with zero attached hydrogens (tertiary/aromatic N) is 3. The van der Waals surface area contributed by atoms with E-state index in [2.05, 4.69) is 10.1 Å². The third kappa shape index (κ3) is 3.29. The highest BCUT2D eigenvalue weighted by atomic mass is 16.5. The van der Waals surface area contributed by atoms with Gasteiger partial charge in [-0.05, 0) is 6.42 Å². The maximum atomic E-state index is 9.38. The summed E-state index contributed by atoms with van der Waals surface area (Å²) in [5, 5.41) is 21.5. The number of rotatable bonds is 6. The second kappa shape index (κ2) is 6.20. The fraction of sp³-hybridized carbons (Fsp3) is 0.700. The molecule has 6 nitrogen and oxygen atoms in total. The van der Waals surface area contributed by atoms with Crippen LogP contribution in [0.3, 0.4) is 0 Å². The maximum Gasteiger partial charge on any atom is 0.229 e. The predicted octanol–water partition coefficient (Wildman–Crippen LogP) is 0.984. The number of ether oxygens (including phenoxy) is 1. The number of hydrogen-bond donors (Lipinski definition) is 1. The molecule has 0 aromatic carbocycles. The van der Waals surface area contributed by atoms with Gasteiger partial charge in [-0.15, -0.1) is 0 Å². The van der Waals surface area contributed by atoms with Crippen LogP contribution in [0.2, 0.25) is 0 Å². The van der Waals surface area contributed by atoms with Crippen LogP contribution in [0.1, 0.15) is 37.6 Å². The van der Waals surface area contributed by atoms with Crippen molar-refractivity contribution < 1.29 is 14.4 Å². The summed E-state index contributed by atoms with van der Waals surface area (Å²) in [7, 11) is 1.58. The van der Waals surface area contributed by atoms with Gasteiger partial charge in [0.25, 0.3) is 0 Å². The third-order valence-electron chi connectivity index (χ3n) is 2.16. The first-order chi connectivity index (χ1) is 7.71. The van der Waals surface area contributed by atoms with E-state index < -0.39 is 6.10 Å². The fourth-order valence-electron chi connectivity index (χ4n) is 1.32. The summed E-state index contributed by atoms with van der Waals surface area (Å²) in [4.78, 5) is 4.10. The van der Waals surface area contributed by atoms with Crippen molar-refractivity contribution >= 4 is 0 Å². The van der Waals surface area contributed by atoms with Gasteiger partial charge >= 0.3 is 0 Å². The first kappa shape index (κ1) is 12.6. The lowest BCUT2D eigenvalue weighted by atomic mass is 10.2. The van der Waals surface area contributed by atoms with Gasteiger partial charge in [0.05, 0.1) is 25.0 Å². The number of methoxy groups -OCH3 is 1. The molecule has 16 heavy (non-hydrogen) atoms. The van der Waals surface area contributed by atoms with Crippen LogP contribution in [0.25, 0.3) is 0 Å². The van der Waals surface area contributed by atoms with Crippen molar-refractivity contribution in [3.8, 4) is 6.07 Å². The van der Waals surface area contributed by atoms with Gasteiger partial charge in [-0.25, -0.2) is 0 Å². The monoisotopic (exact) mass is 225 g/mol. The average Bonchev–Trinajstić information content (AvgIpc) is 2.68. The first-order valence-electron chi connectivity index (χ1n) is 5.11.